The number of hydrogen-bond donors (Lipinski definition) is 1. The van der Waals surface area contributed by atoms with Crippen molar-refractivity contribution in [3.63, 3.8) is 0 Å². The molecule has 2 aromatic carbocycles. The zero-order chi connectivity index (χ0) is 19.9. The van der Waals surface area contributed by atoms with E-state index in [4.69, 9.17) is 0 Å². The van der Waals surface area contributed by atoms with Crippen molar-refractivity contribution in [3.8, 4) is 11.4 Å². The Morgan fingerprint density at radius 3 is 2.64 bits per heavy atom. The quantitative estimate of drug-likeness (QED) is 0.627. The molecule has 0 radical (unpaired) electrons. The van der Waals surface area contributed by atoms with Crippen LogP contribution in [0, 0.1) is 6.92 Å². The molecule has 3 aromatic rings. The van der Waals surface area contributed by atoms with Crippen molar-refractivity contribution < 1.29 is 4.79 Å². The molecule has 5 nitrogen and oxygen atoms in total. The summed E-state index contributed by atoms with van der Waals surface area (Å²) in [6, 6.07) is 17.4. The second-order valence-corrected chi connectivity index (χ2v) is 6.92. The normalized spacial score (nSPS) is 10.5. The van der Waals surface area contributed by atoms with E-state index in [0.717, 1.165) is 30.6 Å². The maximum Gasteiger partial charge on any atom is 0.253 e. The molecule has 1 amide bonds. The summed E-state index contributed by atoms with van der Waals surface area (Å²) in [5.41, 5.74) is 3.65. The Balaban J connectivity index is 1.76. The van der Waals surface area contributed by atoms with Gasteiger partial charge in [-0.1, -0.05) is 49.2 Å². The number of carbonyl (C=O) groups excluding carboxylic acids is 1. The molecule has 144 valence electrons. The van der Waals surface area contributed by atoms with Gasteiger partial charge in [0.15, 0.2) is 5.82 Å². The average molecular weight is 374 g/mol. The number of carbonyl (C=O) groups is 1. The molecule has 0 fully saturated rings. The lowest BCUT2D eigenvalue weighted by atomic mass is 10.1. The van der Waals surface area contributed by atoms with Crippen LogP contribution in [0.1, 0.15) is 35.7 Å². The fraction of sp³-hybridized carbons (Fsp3) is 0.261. The van der Waals surface area contributed by atoms with Crippen molar-refractivity contribution in [2.24, 2.45) is 0 Å². The highest BCUT2D eigenvalue weighted by Crippen LogP contribution is 2.20. The van der Waals surface area contributed by atoms with E-state index in [0.29, 0.717) is 17.2 Å². The van der Waals surface area contributed by atoms with Crippen LogP contribution in [0.2, 0.25) is 0 Å². The van der Waals surface area contributed by atoms with Gasteiger partial charge in [0.05, 0.1) is 0 Å². The van der Waals surface area contributed by atoms with E-state index >= 15 is 0 Å². The number of hydrogen-bond acceptors (Lipinski definition) is 4. The van der Waals surface area contributed by atoms with Gasteiger partial charge in [-0.3, -0.25) is 4.79 Å². The Morgan fingerprint density at radius 2 is 1.89 bits per heavy atom. The molecule has 3 rings (SSSR count). The average Bonchev–Trinajstić information content (AvgIpc) is 2.72. The van der Waals surface area contributed by atoms with Gasteiger partial charge in [-0.25, -0.2) is 9.97 Å². The Kier molecular flexibility index (Phi) is 6.37. The first-order chi connectivity index (χ1) is 13.6. The number of aromatic nitrogens is 2. The van der Waals surface area contributed by atoms with E-state index in [2.05, 4.69) is 29.1 Å². The summed E-state index contributed by atoms with van der Waals surface area (Å²) in [5.74, 6) is 1.38. The van der Waals surface area contributed by atoms with Crippen LogP contribution in [0.4, 0.5) is 11.5 Å². The zero-order valence-electron chi connectivity index (χ0n) is 16.6. The maximum atomic E-state index is 12.6. The SMILES string of the molecule is CCCCN(C)C(=O)c1cccc(Nc2ccnc(-c3ccc(C)cc3)n2)c1. The minimum Gasteiger partial charge on any atom is -0.342 e. The molecule has 0 aliphatic heterocycles. The third kappa shape index (κ3) is 4.94. The van der Waals surface area contributed by atoms with Gasteiger partial charge >= 0.3 is 0 Å². The summed E-state index contributed by atoms with van der Waals surface area (Å²) in [7, 11) is 1.84. The van der Waals surface area contributed by atoms with Crippen molar-refractivity contribution in [1.29, 1.82) is 0 Å². The van der Waals surface area contributed by atoms with Crippen molar-refractivity contribution in [3.05, 3.63) is 71.9 Å². The predicted molar refractivity (Wildman–Crippen MR) is 114 cm³/mol. The molecular weight excluding hydrogens is 348 g/mol. The molecule has 5 heteroatoms. The first kappa shape index (κ1) is 19.5. The van der Waals surface area contributed by atoms with Crippen LogP contribution < -0.4 is 5.32 Å². The summed E-state index contributed by atoms with van der Waals surface area (Å²) < 4.78 is 0. The molecule has 0 aliphatic rings. The van der Waals surface area contributed by atoms with Crippen LogP contribution in [0.25, 0.3) is 11.4 Å². The van der Waals surface area contributed by atoms with Gasteiger partial charge in [0, 0.05) is 36.6 Å². The number of anilines is 2. The number of rotatable bonds is 7. The fourth-order valence-corrected chi connectivity index (χ4v) is 2.87. The van der Waals surface area contributed by atoms with Crippen LogP contribution >= 0.6 is 0 Å². The van der Waals surface area contributed by atoms with Crippen LogP contribution in [0.15, 0.2) is 60.8 Å². The third-order valence-corrected chi connectivity index (χ3v) is 4.54. The van der Waals surface area contributed by atoms with Crippen molar-refractivity contribution in [2.75, 3.05) is 18.9 Å². The van der Waals surface area contributed by atoms with Crippen molar-refractivity contribution in [2.45, 2.75) is 26.7 Å². The third-order valence-electron chi connectivity index (χ3n) is 4.54. The van der Waals surface area contributed by atoms with Gasteiger partial charge in [-0.2, -0.15) is 0 Å². The molecule has 0 unspecified atom stereocenters. The number of benzene rings is 2. The van der Waals surface area contributed by atoms with Gasteiger partial charge in [0.1, 0.15) is 5.82 Å². The molecular formula is C23H26N4O. The van der Waals surface area contributed by atoms with Crippen molar-refractivity contribution >= 4 is 17.4 Å². The number of aryl methyl sites for hydroxylation is 1. The smallest absolute Gasteiger partial charge is 0.253 e. The first-order valence-corrected chi connectivity index (χ1v) is 9.59. The maximum absolute atomic E-state index is 12.6. The lowest BCUT2D eigenvalue weighted by Gasteiger charge is -2.17. The van der Waals surface area contributed by atoms with E-state index in [1.165, 1.54) is 5.56 Å². The number of unbranched alkanes of at least 4 members (excludes halogenated alkanes) is 1. The molecule has 1 aromatic heterocycles. The number of nitrogens with zero attached hydrogens (tertiary/aromatic N) is 3. The predicted octanol–water partition coefficient (Wildman–Crippen LogP) is 5.07. The molecule has 0 spiro atoms. The first-order valence-electron chi connectivity index (χ1n) is 9.59. The highest BCUT2D eigenvalue weighted by Gasteiger charge is 2.12. The minimum absolute atomic E-state index is 0.0279. The van der Waals surface area contributed by atoms with Gasteiger partial charge in [-0.05, 0) is 37.6 Å². The van der Waals surface area contributed by atoms with E-state index in [9.17, 15) is 4.79 Å². The Bertz CT molecular complexity index is 937. The molecule has 0 bridgehead atoms. The highest BCUT2D eigenvalue weighted by atomic mass is 16.2. The second-order valence-electron chi connectivity index (χ2n) is 6.92. The fourth-order valence-electron chi connectivity index (χ4n) is 2.87. The summed E-state index contributed by atoms with van der Waals surface area (Å²) in [4.78, 5) is 23.3. The van der Waals surface area contributed by atoms with E-state index in [-0.39, 0.29) is 5.91 Å². The van der Waals surface area contributed by atoms with E-state index in [1.807, 2.05) is 61.6 Å². The molecule has 0 saturated carbocycles. The highest BCUT2D eigenvalue weighted by molar-refractivity contribution is 5.95. The minimum atomic E-state index is 0.0279. The lowest BCUT2D eigenvalue weighted by molar-refractivity contribution is 0.0793. The number of amides is 1. The molecule has 0 saturated heterocycles. The molecule has 1 N–H and O–H groups in total. The summed E-state index contributed by atoms with van der Waals surface area (Å²) >= 11 is 0. The van der Waals surface area contributed by atoms with Crippen molar-refractivity contribution in [1.82, 2.24) is 14.9 Å². The molecule has 0 aliphatic carbocycles. The number of nitrogens with one attached hydrogen (secondary N) is 1. The summed E-state index contributed by atoms with van der Waals surface area (Å²) in [5, 5.41) is 3.28. The standard InChI is InChI=1S/C23H26N4O/c1-4-5-15-27(3)23(28)19-7-6-8-20(16-19)25-21-13-14-24-22(26-21)18-11-9-17(2)10-12-18/h6-14,16H,4-5,15H2,1-3H3,(H,24,25,26). The topological polar surface area (TPSA) is 58.1 Å². The Morgan fingerprint density at radius 1 is 1.11 bits per heavy atom. The second kappa shape index (κ2) is 9.13. The summed E-state index contributed by atoms with van der Waals surface area (Å²) in [6.45, 7) is 4.94. The van der Waals surface area contributed by atoms with Gasteiger partial charge < -0.3 is 10.2 Å². The van der Waals surface area contributed by atoms with E-state index in [1.54, 1.807) is 11.1 Å². The monoisotopic (exact) mass is 374 g/mol. The molecule has 28 heavy (non-hydrogen) atoms. The van der Waals surface area contributed by atoms with Crippen LogP contribution in [0.5, 0.6) is 0 Å². The Hall–Kier alpha value is -3.21. The van der Waals surface area contributed by atoms with Crippen LogP contribution in [-0.4, -0.2) is 34.4 Å². The van der Waals surface area contributed by atoms with Gasteiger partial charge in [0.25, 0.3) is 5.91 Å². The Labute approximate surface area is 166 Å². The van der Waals surface area contributed by atoms with E-state index < -0.39 is 0 Å². The lowest BCUT2D eigenvalue weighted by Crippen LogP contribution is -2.27. The largest absolute Gasteiger partial charge is 0.342 e. The van der Waals surface area contributed by atoms with Gasteiger partial charge in [-0.15, -0.1) is 0 Å². The zero-order valence-corrected chi connectivity index (χ0v) is 16.6. The molecule has 0 atom stereocenters. The summed E-state index contributed by atoms with van der Waals surface area (Å²) in [6.07, 6.45) is 3.80. The molecule has 1 heterocycles. The van der Waals surface area contributed by atoms with Crippen LogP contribution in [-0.2, 0) is 0 Å². The van der Waals surface area contributed by atoms with Gasteiger partial charge in [0.2, 0.25) is 0 Å². The van der Waals surface area contributed by atoms with Crippen LogP contribution in [0.3, 0.4) is 0 Å².